The number of carbonyl (C=O) groups excluding carboxylic acids is 2. The molecule has 1 atom stereocenters. The van der Waals surface area contributed by atoms with Crippen LogP contribution < -0.4 is 0 Å². The summed E-state index contributed by atoms with van der Waals surface area (Å²) in [6.45, 7) is 3.17. The Balaban J connectivity index is 2.52. The molecule has 0 spiro atoms. The maximum Gasteiger partial charge on any atom is 0.336 e. The Kier molecular flexibility index (Phi) is 3.49. The highest BCUT2D eigenvalue weighted by atomic mass is 16.7. The quantitative estimate of drug-likeness (QED) is 0.395. The highest BCUT2D eigenvalue weighted by Crippen LogP contribution is 2.14. The zero-order valence-electron chi connectivity index (χ0n) is 8.77. The lowest BCUT2D eigenvalue weighted by Crippen LogP contribution is -2.10. The maximum absolute atomic E-state index is 11.0. The van der Waals surface area contributed by atoms with Crippen LogP contribution in [-0.2, 0) is 23.8 Å². The molecule has 1 heterocycles. The first-order chi connectivity index (χ1) is 7.04. The summed E-state index contributed by atoms with van der Waals surface area (Å²) in [6, 6.07) is 0. The van der Waals surface area contributed by atoms with Crippen molar-refractivity contribution in [1.82, 2.24) is 0 Å². The monoisotopic (exact) mass is 212 g/mol. The molecule has 0 aromatic rings. The average molecular weight is 212 g/mol. The van der Waals surface area contributed by atoms with E-state index in [2.05, 4.69) is 4.74 Å². The van der Waals surface area contributed by atoms with Gasteiger partial charge in [0.1, 0.15) is 0 Å². The van der Waals surface area contributed by atoms with Crippen LogP contribution in [0.2, 0.25) is 0 Å². The summed E-state index contributed by atoms with van der Waals surface area (Å²) in [6.07, 6.45) is 1.99. The van der Waals surface area contributed by atoms with Crippen molar-refractivity contribution >= 4 is 11.9 Å². The first-order valence-corrected chi connectivity index (χ1v) is 4.34. The lowest BCUT2D eigenvalue weighted by molar-refractivity contribution is -0.152. The second kappa shape index (κ2) is 4.63. The minimum absolute atomic E-state index is 0.298. The fourth-order valence-corrected chi connectivity index (χ4v) is 0.950. The van der Waals surface area contributed by atoms with E-state index >= 15 is 0 Å². The van der Waals surface area contributed by atoms with E-state index in [1.165, 1.54) is 19.4 Å². The van der Waals surface area contributed by atoms with Gasteiger partial charge in [-0.15, -0.1) is 0 Å². The summed E-state index contributed by atoms with van der Waals surface area (Å²) >= 11 is 0. The zero-order valence-corrected chi connectivity index (χ0v) is 8.77. The van der Waals surface area contributed by atoms with Crippen LogP contribution in [0.5, 0.6) is 0 Å². The fourth-order valence-electron chi connectivity index (χ4n) is 0.950. The zero-order chi connectivity index (χ0) is 11.4. The maximum atomic E-state index is 11.0. The van der Waals surface area contributed by atoms with Crippen molar-refractivity contribution in [2.24, 2.45) is 0 Å². The molecule has 1 unspecified atom stereocenters. The van der Waals surface area contributed by atoms with Crippen LogP contribution in [-0.4, -0.2) is 25.3 Å². The van der Waals surface area contributed by atoms with Gasteiger partial charge in [-0.05, 0) is 13.8 Å². The van der Waals surface area contributed by atoms with E-state index in [-0.39, 0.29) is 0 Å². The number of methoxy groups -OCH3 is 1. The standard InChI is InChI=1S/C10H12O5/c1-6-4-8(15-10(6)12)14-5-7(2)9(11)13-3/h4-5,8H,1-3H3. The van der Waals surface area contributed by atoms with Gasteiger partial charge >= 0.3 is 11.9 Å². The van der Waals surface area contributed by atoms with Crippen molar-refractivity contribution in [3.8, 4) is 0 Å². The molecular weight excluding hydrogens is 200 g/mol. The van der Waals surface area contributed by atoms with E-state index in [1.54, 1.807) is 13.8 Å². The Morgan fingerprint density at radius 1 is 1.60 bits per heavy atom. The third-order valence-corrected chi connectivity index (χ3v) is 1.82. The molecule has 0 saturated heterocycles. The molecule has 0 saturated carbocycles. The van der Waals surface area contributed by atoms with Crippen LogP contribution in [0.25, 0.3) is 0 Å². The highest BCUT2D eigenvalue weighted by molar-refractivity contribution is 5.90. The molecule has 0 aliphatic carbocycles. The molecule has 0 bridgehead atoms. The molecule has 0 aromatic heterocycles. The molecule has 15 heavy (non-hydrogen) atoms. The van der Waals surface area contributed by atoms with E-state index in [9.17, 15) is 9.59 Å². The van der Waals surface area contributed by atoms with Crippen molar-refractivity contribution < 1.29 is 23.8 Å². The van der Waals surface area contributed by atoms with Gasteiger partial charge in [0.05, 0.1) is 18.9 Å². The fraction of sp³-hybridized carbons (Fsp3) is 0.400. The van der Waals surface area contributed by atoms with Gasteiger partial charge in [0.15, 0.2) is 0 Å². The number of hydrogen-bond acceptors (Lipinski definition) is 5. The van der Waals surface area contributed by atoms with Crippen LogP contribution in [0.15, 0.2) is 23.5 Å². The van der Waals surface area contributed by atoms with Gasteiger partial charge in [0.2, 0.25) is 0 Å². The van der Waals surface area contributed by atoms with Gasteiger partial charge in [0.25, 0.3) is 6.29 Å². The number of hydrogen-bond donors (Lipinski definition) is 0. The summed E-state index contributed by atoms with van der Waals surface area (Å²) in [5.41, 5.74) is 0.788. The smallest absolute Gasteiger partial charge is 0.336 e. The molecule has 0 N–H and O–H groups in total. The largest absolute Gasteiger partial charge is 0.466 e. The number of ether oxygens (including phenoxy) is 3. The third-order valence-electron chi connectivity index (χ3n) is 1.82. The summed E-state index contributed by atoms with van der Waals surface area (Å²) in [4.78, 5) is 21.9. The van der Waals surface area contributed by atoms with Crippen LogP contribution in [0.1, 0.15) is 13.8 Å². The molecule has 0 aromatic carbocycles. The van der Waals surface area contributed by atoms with Gasteiger partial charge in [-0.3, -0.25) is 0 Å². The predicted molar refractivity (Wildman–Crippen MR) is 50.5 cm³/mol. The van der Waals surface area contributed by atoms with Gasteiger partial charge in [-0.1, -0.05) is 0 Å². The third kappa shape index (κ3) is 2.83. The Hall–Kier alpha value is -1.78. The van der Waals surface area contributed by atoms with Gasteiger partial charge in [-0.2, -0.15) is 0 Å². The first-order valence-electron chi connectivity index (χ1n) is 4.34. The lowest BCUT2D eigenvalue weighted by atomic mass is 10.3. The summed E-state index contributed by atoms with van der Waals surface area (Å²) in [7, 11) is 1.28. The number of cyclic esters (lactones) is 1. The van der Waals surface area contributed by atoms with Gasteiger partial charge in [-0.25, -0.2) is 9.59 Å². The highest BCUT2D eigenvalue weighted by Gasteiger charge is 2.22. The second-order valence-electron chi connectivity index (χ2n) is 3.05. The van der Waals surface area contributed by atoms with E-state index in [1.807, 2.05) is 0 Å². The SMILES string of the molecule is COC(=O)C(C)=COC1C=C(C)C(=O)O1. The molecule has 1 aliphatic rings. The minimum Gasteiger partial charge on any atom is -0.466 e. The van der Waals surface area contributed by atoms with Gasteiger partial charge in [0, 0.05) is 11.6 Å². The molecule has 82 valence electrons. The van der Waals surface area contributed by atoms with Crippen LogP contribution in [0.4, 0.5) is 0 Å². The van der Waals surface area contributed by atoms with Crippen LogP contribution in [0, 0.1) is 0 Å². The van der Waals surface area contributed by atoms with Crippen molar-refractivity contribution in [2.45, 2.75) is 20.1 Å². The molecular formula is C10H12O5. The average Bonchev–Trinajstić information content (AvgIpc) is 2.54. The Labute approximate surface area is 87.3 Å². The Bertz CT molecular complexity index is 340. The summed E-state index contributed by atoms with van der Waals surface area (Å²) < 4.78 is 14.3. The molecule has 5 nitrogen and oxygen atoms in total. The normalized spacial score (nSPS) is 20.7. The second-order valence-corrected chi connectivity index (χ2v) is 3.05. The first kappa shape index (κ1) is 11.3. The predicted octanol–water partition coefficient (Wildman–Crippen LogP) is 0.909. The Morgan fingerprint density at radius 3 is 2.73 bits per heavy atom. The molecule has 1 rings (SSSR count). The van der Waals surface area contributed by atoms with Crippen molar-refractivity contribution in [1.29, 1.82) is 0 Å². The van der Waals surface area contributed by atoms with E-state index in [4.69, 9.17) is 9.47 Å². The van der Waals surface area contributed by atoms with Crippen molar-refractivity contribution in [2.75, 3.05) is 7.11 Å². The lowest BCUT2D eigenvalue weighted by Gasteiger charge is -2.07. The number of rotatable bonds is 3. The number of carbonyl (C=O) groups is 2. The van der Waals surface area contributed by atoms with Crippen LogP contribution in [0.3, 0.4) is 0 Å². The number of esters is 2. The summed E-state index contributed by atoms with van der Waals surface area (Å²) in [5, 5.41) is 0. The van der Waals surface area contributed by atoms with E-state index in [0.29, 0.717) is 11.1 Å². The van der Waals surface area contributed by atoms with Crippen molar-refractivity contribution in [3.63, 3.8) is 0 Å². The van der Waals surface area contributed by atoms with E-state index in [0.717, 1.165) is 0 Å². The molecule has 0 amide bonds. The topological polar surface area (TPSA) is 61.8 Å². The van der Waals surface area contributed by atoms with Gasteiger partial charge < -0.3 is 14.2 Å². The molecule has 0 fully saturated rings. The summed E-state index contributed by atoms with van der Waals surface area (Å²) in [5.74, 6) is -0.899. The minimum atomic E-state index is -0.753. The van der Waals surface area contributed by atoms with E-state index < -0.39 is 18.2 Å². The molecule has 1 aliphatic heterocycles. The molecule has 5 heteroatoms. The van der Waals surface area contributed by atoms with Crippen LogP contribution >= 0.6 is 0 Å². The molecule has 0 radical (unpaired) electrons. The van der Waals surface area contributed by atoms with Crippen molar-refractivity contribution in [3.05, 3.63) is 23.5 Å². The Morgan fingerprint density at radius 2 is 2.27 bits per heavy atom.